The molecular weight excluding hydrogens is 376 g/mol. The molecule has 1 N–H and O–H groups in total. The van der Waals surface area contributed by atoms with Crippen LogP contribution in [0.15, 0.2) is 65.5 Å². The minimum atomic E-state index is -0.0405. The zero-order valence-electron chi connectivity index (χ0n) is 15.1. The number of carbonyl (C=O) groups excluding carboxylic acids is 1. The van der Waals surface area contributed by atoms with Crippen LogP contribution in [-0.4, -0.2) is 26.8 Å². The summed E-state index contributed by atoms with van der Waals surface area (Å²) in [5.41, 5.74) is 2.64. The second kappa shape index (κ2) is 8.27. The van der Waals surface area contributed by atoms with Crippen molar-refractivity contribution in [2.24, 2.45) is 0 Å². The highest BCUT2D eigenvalue weighted by molar-refractivity contribution is 6.33. The maximum atomic E-state index is 12.1. The number of pyridine rings is 1. The summed E-state index contributed by atoms with van der Waals surface area (Å²) in [4.78, 5) is 20.8. The summed E-state index contributed by atoms with van der Waals surface area (Å²) >= 11 is 6.17. The Morgan fingerprint density at radius 2 is 2.00 bits per heavy atom. The van der Waals surface area contributed by atoms with Crippen LogP contribution in [0.3, 0.4) is 0 Å². The fourth-order valence-corrected chi connectivity index (χ4v) is 3.19. The highest BCUT2D eigenvalue weighted by Gasteiger charge is 2.11. The summed E-state index contributed by atoms with van der Waals surface area (Å²) in [6.07, 6.45) is 7.00. The van der Waals surface area contributed by atoms with Crippen LogP contribution in [0.5, 0.6) is 0 Å². The van der Waals surface area contributed by atoms with Gasteiger partial charge in [0, 0.05) is 43.8 Å². The first kappa shape index (κ1) is 18.3. The lowest BCUT2D eigenvalue weighted by atomic mass is 10.2. The van der Waals surface area contributed by atoms with Crippen molar-refractivity contribution in [1.82, 2.24) is 19.7 Å². The van der Waals surface area contributed by atoms with Crippen molar-refractivity contribution in [1.29, 1.82) is 0 Å². The van der Waals surface area contributed by atoms with E-state index in [2.05, 4.69) is 15.3 Å². The highest BCUT2D eigenvalue weighted by Crippen LogP contribution is 2.28. The van der Waals surface area contributed by atoms with E-state index in [0.717, 1.165) is 16.9 Å². The molecule has 28 heavy (non-hydrogen) atoms. The molecule has 0 spiro atoms. The molecule has 3 aromatic heterocycles. The zero-order valence-corrected chi connectivity index (χ0v) is 15.9. The summed E-state index contributed by atoms with van der Waals surface area (Å²) in [6.45, 7) is 0.541. The van der Waals surface area contributed by atoms with Gasteiger partial charge >= 0.3 is 0 Å². The maximum Gasteiger partial charge on any atom is 0.220 e. The number of hydrogen-bond donors (Lipinski definition) is 1. The first-order chi connectivity index (χ1) is 13.7. The third kappa shape index (κ3) is 4.23. The zero-order chi connectivity index (χ0) is 19.3. The number of nitrogens with zero attached hydrogens (tertiary/aromatic N) is 3. The number of oxazole rings is 1. The fraction of sp³-hybridized carbons (Fsp3) is 0.190. The number of amides is 1. The molecule has 0 atom stereocenters. The number of carbonyl (C=O) groups is 1. The van der Waals surface area contributed by atoms with Crippen molar-refractivity contribution in [3.63, 3.8) is 0 Å². The molecule has 0 unspecified atom stereocenters. The Hall–Kier alpha value is -3.12. The molecule has 1 amide bonds. The summed E-state index contributed by atoms with van der Waals surface area (Å²) in [7, 11) is 0. The SMILES string of the molecule is O=C(CCc1ncc(-c2ccccc2Cl)o1)NCCc1cn2ccccc2n1. The number of nitrogens with one attached hydrogen (secondary N) is 1. The molecule has 0 saturated heterocycles. The van der Waals surface area contributed by atoms with Gasteiger partial charge in [0.25, 0.3) is 0 Å². The van der Waals surface area contributed by atoms with Gasteiger partial charge in [-0.1, -0.05) is 29.8 Å². The van der Waals surface area contributed by atoms with E-state index < -0.39 is 0 Å². The Bertz CT molecular complexity index is 1070. The van der Waals surface area contributed by atoms with Crippen LogP contribution in [0.4, 0.5) is 0 Å². The molecule has 0 saturated carbocycles. The third-order valence-electron chi connectivity index (χ3n) is 4.38. The van der Waals surface area contributed by atoms with E-state index in [0.29, 0.717) is 42.5 Å². The van der Waals surface area contributed by atoms with Crippen LogP contribution in [0.1, 0.15) is 18.0 Å². The normalized spacial score (nSPS) is 11.0. The number of halogens is 1. The number of imidazole rings is 1. The predicted molar refractivity (Wildman–Crippen MR) is 107 cm³/mol. The molecule has 4 rings (SSSR count). The van der Waals surface area contributed by atoms with Crippen molar-refractivity contribution in [3.8, 4) is 11.3 Å². The first-order valence-electron chi connectivity index (χ1n) is 9.08. The van der Waals surface area contributed by atoms with Gasteiger partial charge in [-0.05, 0) is 24.3 Å². The standard InChI is InChI=1S/C21H19ClN4O2/c22-17-6-2-1-5-16(17)18-13-24-21(28-18)9-8-20(27)23-11-10-15-14-26-12-4-3-7-19(26)25-15/h1-7,12-14H,8-11H2,(H,23,27). The molecule has 0 bridgehead atoms. The van der Waals surface area contributed by atoms with Gasteiger partial charge in [0.15, 0.2) is 11.7 Å². The second-order valence-electron chi connectivity index (χ2n) is 6.40. The number of fused-ring (bicyclic) bond motifs is 1. The van der Waals surface area contributed by atoms with Crippen LogP contribution in [-0.2, 0) is 17.6 Å². The minimum absolute atomic E-state index is 0.0405. The van der Waals surface area contributed by atoms with E-state index in [-0.39, 0.29) is 5.91 Å². The summed E-state index contributed by atoms with van der Waals surface area (Å²) in [5.74, 6) is 1.08. The molecule has 0 fully saturated rings. The van der Waals surface area contributed by atoms with Crippen LogP contribution >= 0.6 is 11.6 Å². The van der Waals surface area contributed by atoms with Crippen LogP contribution in [0.2, 0.25) is 5.02 Å². The molecule has 0 aliphatic rings. The van der Waals surface area contributed by atoms with E-state index >= 15 is 0 Å². The van der Waals surface area contributed by atoms with E-state index in [9.17, 15) is 4.79 Å². The van der Waals surface area contributed by atoms with E-state index in [1.54, 1.807) is 12.3 Å². The van der Waals surface area contributed by atoms with E-state index in [4.69, 9.17) is 16.0 Å². The Morgan fingerprint density at radius 3 is 2.86 bits per heavy atom. The molecular formula is C21H19ClN4O2. The Labute approximate surface area is 167 Å². The molecule has 7 heteroatoms. The number of aryl methyl sites for hydroxylation is 1. The Balaban J connectivity index is 1.25. The van der Waals surface area contributed by atoms with Crippen LogP contribution in [0.25, 0.3) is 17.0 Å². The average molecular weight is 395 g/mol. The monoisotopic (exact) mass is 394 g/mol. The molecule has 3 heterocycles. The minimum Gasteiger partial charge on any atom is -0.441 e. The number of rotatable bonds is 7. The lowest BCUT2D eigenvalue weighted by Crippen LogP contribution is -2.26. The van der Waals surface area contributed by atoms with Gasteiger partial charge in [0.2, 0.25) is 5.91 Å². The summed E-state index contributed by atoms with van der Waals surface area (Å²) in [5, 5.41) is 3.52. The van der Waals surface area contributed by atoms with Crippen molar-refractivity contribution < 1.29 is 9.21 Å². The smallest absolute Gasteiger partial charge is 0.220 e. The van der Waals surface area contributed by atoms with Gasteiger partial charge < -0.3 is 14.1 Å². The molecule has 0 radical (unpaired) electrons. The van der Waals surface area contributed by atoms with E-state index in [1.165, 1.54) is 0 Å². The predicted octanol–water partition coefficient (Wildman–Crippen LogP) is 3.93. The Morgan fingerprint density at radius 1 is 1.14 bits per heavy atom. The van der Waals surface area contributed by atoms with Gasteiger partial charge in [-0.3, -0.25) is 4.79 Å². The largest absolute Gasteiger partial charge is 0.441 e. The average Bonchev–Trinajstić information content (AvgIpc) is 3.33. The lowest BCUT2D eigenvalue weighted by Gasteiger charge is -2.02. The quantitative estimate of drug-likeness (QED) is 0.515. The second-order valence-corrected chi connectivity index (χ2v) is 6.80. The van der Waals surface area contributed by atoms with Crippen molar-refractivity contribution in [3.05, 3.63) is 77.7 Å². The van der Waals surface area contributed by atoms with Gasteiger partial charge in [0.05, 0.1) is 16.9 Å². The summed E-state index contributed by atoms with van der Waals surface area (Å²) < 4.78 is 7.69. The Kier molecular flexibility index (Phi) is 5.39. The fourth-order valence-electron chi connectivity index (χ4n) is 2.96. The topological polar surface area (TPSA) is 72.4 Å². The molecule has 0 aliphatic carbocycles. The van der Waals surface area contributed by atoms with Crippen LogP contribution < -0.4 is 5.32 Å². The number of aromatic nitrogens is 3. The summed E-state index contributed by atoms with van der Waals surface area (Å²) in [6, 6.07) is 13.3. The molecule has 0 aliphatic heterocycles. The highest BCUT2D eigenvalue weighted by atomic mass is 35.5. The third-order valence-corrected chi connectivity index (χ3v) is 4.71. The number of hydrogen-bond acceptors (Lipinski definition) is 4. The van der Waals surface area contributed by atoms with E-state index in [1.807, 2.05) is 53.2 Å². The molecule has 6 nitrogen and oxygen atoms in total. The number of benzene rings is 1. The van der Waals surface area contributed by atoms with Gasteiger partial charge in [-0.25, -0.2) is 9.97 Å². The first-order valence-corrected chi connectivity index (χ1v) is 9.46. The maximum absolute atomic E-state index is 12.1. The van der Waals surface area contributed by atoms with Crippen molar-refractivity contribution in [2.45, 2.75) is 19.3 Å². The molecule has 142 valence electrons. The van der Waals surface area contributed by atoms with Gasteiger partial charge in [-0.2, -0.15) is 0 Å². The lowest BCUT2D eigenvalue weighted by molar-refractivity contribution is -0.121. The van der Waals surface area contributed by atoms with Crippen molar-refractivity contribution in [2.75, 3.05) is 6.54 Å². The van der Waals surface area contributed by atoms with Crippen LogP contribution in [0, 0.1) is 0 Å². The molecule has 1 aromatic carbocycles. The molecule has 4 aromatic rings. The van der Waals surface area contributed by atoms with Gasteiger partial charge in [-0.15, -0.1) is 0 Å². The van der Waals surface area contributed by atoms with Gasteiger partial charge in [0.1, 0.15) is 5.65 Å². The van der Waals surface area contributed by atoms with Crippen molar-refractivity contribution >= 4 is 23.2 Å².